The molecule has 7 heteroatoms. The van der Waals surface area contributed by atoms with E-state index in [-0.39, 0.29) is 0 Å². The molecule has 2 rings (SSSR count). The van der Waals surface area contributed by atoms with Crippen LogP contribution < -0.4 is 19.5 Å². The van der Waals surface area contributed by atoms with E-state index in [0.29, 0.717) is 29.0 Å². The molecule has 1 aromatic carbocycles. The fourth-order valence-corrected chi connectivity index (χ4v) is 2.20. The van der Waals surface area contributed by atoms with Crippen LogP contribution in [0.25, 0.3) is 0 Å². The molecule has 20 heavy (non-hydrogen) atoms. The second kappa shape index (κ2) is 7.06. The minimum Gasteiger partial charge on any atom is -0.496 e. The smallest absolute Gasteiger partial charge is 0.299 e. The predicted octanol–water partition coefficient (Wildman–Crippen LogP) is 2.46. The summed E-state index contributed by atoms with van der Waals surface area (Å²) in [6, 6.07) is 5.32. The zero-order chi connectivity index (χ0) is 14.4. The third-order valence-electron chi connectivity index (χ3n) is 2.50. The first kappa shape index (κ1) is 14.5. The van der Waals surface area contributed by atoms with Gasteiger partial charge < -0.3 is 19.5 Å². The van der Waals surface area contributed by atoms with Crippen molar-refractivity contribution in [1.29, 1.82) is 0 Å². The summed E-state index contributed by atoms with van der Waals surface area (Å²) in [4.78, 5) is 0. The molecule has 0 aliphatic heterocycles. The average molecular weight is 295 g/mol. The summed E-state index contributed by atoms with van der Waals surface area (Å²) >= 11 is 1.41. The van der Waals surface area contributed by atoms with Crippen LogP contribution in [-0.2, 0) is 6.54 Å². The van der Waals surface area contributed by atoms with Gasteiger partial charge in [0.15, 0.2) is 0 Å². The number of hydrogen-bond acceptors (Lipinski definition) is 7. The average Bonchev–Trinajstić information content (AvgIpc) is 2.92. The molecule has 0 aliphatic rings. The molecule has 108 valence electrons. The third-order valence-corrected chi connectivity index (χ3v) is 3.31. The molecule has 2 aromatic rings. The first-order chi connectivity index (χ1) is 9.75. The normalized spacial score (nSPS) is 10.3. The number of hydrogen-bond donors (Lipinski definition) is 1. The van der Waals surface area contributed by atoms with E-state index in [1.807, 2.05) is 6.92 Å². The van der Waals surface area contributed by atoms with Crippen LogP contribution in [0.1, 0.15) is 11.9 Å². The zero-order valence-corrected chi connectivity index (χ0v) is 12.5. The zero-order valence-electron chi connectivity index (χ0n) is 11.7. The van der Waals surface area contributed by atoms with Crippen LogP contribution in [-0.4, -0.2) is 31.0 Å². The predicted molar refractivity (Wildman–Crippen MR) is 76.9 cm³/mol. The lowest BCUT2D eigenvalue weighted by Gasteiger charge is -2.07. The molecular formula is C13H17N3O3S. The van der Waals surface area contributed by atoms with Gasteiger partial charge in [-0.1, -0.05) is 23.4 Å². The Morgan fingerprint density at radius 2 is 1.70 bits per heavy atom. The molecule has 0 saturated heterocycles. The van der Waals surface area contributed by atoms with E-state index >= 15 is 0 Å². The number of nitrogens with one attached hydrogen (secondary N) is 1. The molecule has 1 heterocycles. The molecule has 0 fully saturated rings. The van der Waals surface area contributed by atoms with E-state index in [0.717, 1.165) is 11.6 Å². The van der Waals surface area contributed by atoms with Crippen LogP contribution >= 0.6 is 11.3 Å². The molecule has 0 amide bonds. The fraction of sp³-hybridized carbons (Fsp3) is 0.385. The Kier molecular flexibility index (Phi) is 5.14. The Morgan fingerprint density at radius 1 is 1.05 bits per heavy atom. The summed E-state index contributed by atoms with van der Waals surface area (Å²) in [7, 11) is 3.19. The van der Waals surface area contributed by atoms with Crippen LogP contribution in [0.4, 0.5) is 0 Å². The van der Waals surface area contributed by atoms with E-state index in [4.69, 9.17) is 14.2 Å². The quantitative estimate of drug-likeness (QED) is 0.846. The van der Waals surface area contributed by atoms with Crippen molar-refractivity contribution in [3.05, 3.63) is 23.2 Å². The van der Waals surface area contributed by atoms with Crippen LogP contribution in [0, 0.1) is 0 Å². The van der Waals surface area contributed by atoms with Gasteiger partial charge in [0, 0.05) is 24.7 Å². The lowest BCUT2D eigenvalue weighted by atomic mass is 10.3. The Hall–Kier alpha value is -1.86. The highest BCUT2D eigenvalue weighted by atomic mass is 32.1. The first-order valence-electron chi connectivity index (χ1n) is 6.19. The minimum atomic E-state index is 0.494. The molecule has 6 nitrogen and oxygen atoms in total. The molecule has 0 saturated carbocycles. The van der Waals surface area contributed by atoms with E-state index < -0.39 is 0 Å². The van der Waals surface area contributed by atoms with Crippen molar-refractivity contribution < 1.29 is 14.2 Å². The molecule has 1 aromatic heterocycles. The Bertz CT molecular complexity index is 537. The first-order valence-corrected chi connectivity index (χ1v) is 7.00. The largest absolute Gasteiger partial charge is 0.496 e. The van der Waals surface area contributed by atoms with Gasteiger partial charge in [0.05, 0.1) is 14.2 Å². The maximum Gasteiger partial charge on any atom is 0.299 e. The number of methoxy groups -OCH3 is 2. The highest BCUT2D eigenvalue weighted by molar-refractivity contribution is 7.13. The van der Waals surface area contributed by atoms with Crippen molar-refractivity contribution in [1.82, 2.24) is 15.5 Å². The summed E-state index contributed by atoms with van der Waals surface area (Å²) in [6.45, 7) is 3.63. The van der Waals surface area contributed by atoms with Crippen LogP contribution in [0.15, 0.2) is 18.2 Å². The molecule has 1 N–H and O–H groups in total. The monoisotopic (exact) mass is 295 g/mol. The van der Waals surface area contributed by atoms with Crippen molar-refractivity contribution in [3.63, 3.8) is 0 Å². The number of aromatic nitrogens is 2. The van der Waals surface area contributed by atoms with E-state index in [1.165, 1.54) is 11.3 Å². The van der Waals surface area contributed by atoms with Crippen LogP contribution in [0.5, 0.6) is 22.4 Å². The van der Waals surface area contributed by atoms with Gasteiger partial charge in [-0.05, 0) is 6.54 Å². The Balaban J connectivity index is 2.10. The van der Waals surface area contributed by atoms with Gasteiger partial charge in [-0.2, -0.15) is 0 Å². The molecule has 0 aliphatic carbocycles. The minimum absolute atomic E-state index is 0.494. The topological polar surface area (TPSA) is 65.5 Å². The number of nitrogens with zero attached hydrogens (tertiary/aromatic N) is 2. The summed E-state index contributed by atoms with van der Waals surface area (Å²) in [6.07, 6.45) is 0. The van der Waals surface area contributed by atoms with Crippen molar-refractivity contribution in [3.8, 4) is 22.4 Å². The van der Waals surface area contributed by atoms with Gasteiger partial charge in [0.2, 0.25) is 0 Å². The molecular weight excluding hydrogens is 278 g/mol. The Morgan fingerprint density at radius 3 is 2.30 bits per heavy atom. The lowest BCUT2D eigenvalue weighted by molar-refractivity contribution is 0.386. The van der Waals surface area contributed by atoms with Crippen molar-refractivity contribution in [2.75, 3.05) is 20.8 Å². The van der Waals surface area contributed by atoms with Crippen molar-refractivity contribution >= 4 is 11.3 Å². The van der Waals surface area contributed by atoms with Gasteiger partial charge in [-0.15, -0.1) is 5.10 Å². The van der Waals surface area contributed by atoms with Gasteiger partial charge >= 0.3 is 0 Å². The maximum atomic E-state index is 5.68. The third kappa shape index (κ3) is 3.82. The Labute approximate surface area is 121 Å². The summed E-state index contributed by atoms with van der Waals surface area (Å²) in [5, 5.41) is 12.6. The number of rotatable bonds is 7. The van der Waals surface area contributed by atoms with Gasteiger partial charge in [0.25, 0.3) is 5.19 Å². The summed E-state index contributed by atoms with van der Waals surface area (Å²) in [5.41, 5.74) is 0. The number of ether oxygens (including phenoxy) is 3. The van der Waals surface area contributed by atoms with Crippen LogP contribution in [0.2, 0.25) is 0 Å². The van der Waals surface area contributed by atoms with E-state index in [2.05, 4.69) is 15.5 Å². The number of benzene rings is 1. The second-order valence-electron chi connectivity index (χ2n) is 3.89. The van der Waals surface area contributed by atoms with E-state index in [9.17, 15) is 0 Å². The highest BCUT2D eigenvalue weighted by Crippen LogP contribution is 2.31. The van der Waals surface area contributed by atoms with E-state index in [1.54, 1.807) is 32.4 Å². The molecule has 0 atom stereocenters. The van der Waals surface area contributed by atoms with Crippen molar-refractivity contribution in [2.24, 2.45) is 0 Å². The van der Waals surface area contributed by atoms with Crippen LogP contribution in [0.3, 0.4) is 0 Å². The van der Waals surface area contributed by atoms with Gasteiger partial charge in [-0.3, -0.25) is 0 Å². The highest BCUT2D eigenvalue weighted by Gasteiger charge is 2.08. The standard InChI is InChI=1S/C13H17N3O3S/c1-4-14-8-12-15-16-13(20-12)19-11-6-9(17-2)5-10(7-11)18-3/h5-7,14H,4,8H2,1-3H3. The summed E-state index contributed by atoms with van der Waals surface area (Å²) in [5.74, 6) is 1.93. The molecule has 0 bridgehead atoms. The van der Waals surface area contributed by atoms with Gasteiger partial charge in [0.1, 0.15) is 22.3 Å². The van der Waals surface area contributed by atoms with Crippen molar-refractivity contribution in [2.45, 2.75) is 13.5 Å². The molecule has 0 spiro atoms. The molecule has 0 radical (unpaired) electrons. The fourth-order valence-electron chi connectivity index (χ4n) is 1.52. The summed E-state index contributed by atoms with van der Waals surface area (Å²) < 4.78 is 16.1. The second-order valence-corrected chi connectivity index (χ2v) is 4.92. The van der Waals surface area contributed by atoms with Gasteiger partial charge in [-0.25, -0.2) is 0 Å². The maximum absolute atomic E-state index is 5.68. The SMILES string of the molecule is CCNCc1nnc(Oc2cc(OC)cc(OC)c2)s1. The molecule has 0 unspecified atom stereocenters. The lowest BCUT2D eigenvalue weighted by Crippen LogP contribution is -2.11.